The Morgan fingerprint density at radius 1 is 1.37 bits per heavy atom. The molecule has 1 N–H and O–H groups in total. The largest absolute Gasteiger partial charge is 0.467 e. The van der Waals surface area contributed by atoms with E-state index >= 15 is 0 Å². The third-order valence-corrected chi connectivity index (χ3v) is 2.70. The lowest BCUT2D eigenvalue weighted by Gasteiger charge is -2.03. The second kappa shape index (κ2) is 5.11. The van der Waals surface area contributed by atoms with Crippen LogP contribution in [-0.2, 0) is 6.54 Å². The van der Waals surface area contributed by atoms with Crippen LogP contribution in [0.15, 0.2) is 41.0 Å². The first-order chi connectivity index (χ1) is 9.38. The van der Waals surface area contributed by atoms with Gasteiger partial charge in [0.2, 0.25) is 0 Å². The molecule has 0 radical (unpaired) electrons. The molecule has 0 aromatic carbocycles. The number of furan rings is 1. The Morgan fingerprint density at radius 3 is 3.11 bits per heavy atom. The first-order valence-corrected chi connectivity index (χ1v) is 6.03. The van der Waals surface area contributed by atoms with Crippen molar-refractivity contribution in [1.82, 2.24) is 19.5 Å². The molecule has 7 heteroatoms. The lowest BCUT2D eigenvalue weighted by molar-refractivity contribution is 0.518. The molecule has 3 rings (SSSR count). The Balaban J connectivity index is 1.91. The van der Waals surface area contributed by atoms with E-state index in [0.29, 0.717) is 23.5 Å². The standard InChI is InChI=1S/C12H10ClN5O/c13-3-4-18-8-17-10-11(15-7-16-12(10)18)14-6-9-2-1-5-19-9/h1-5,7-8H,6H2,(H,14,15,16)/b4-3+. The van der Waals surface area contributed by atoms with Gasteiger partial charge in [0.05, 0.1) is 12.8 Å². The molecule has 3 aromatic rings. The van der Waals surface area contributed by atoms with Crippen molar-refractivity contribution in [2.24, 2.45) is 0 Å². The minimum Gasteiger partial charge on any atom is -0.467 e. The number of halogens is 1. The molecule has 0 unspecified atom stereocenters. The van der Waals surface area contributed by atoms with Gasteiger partial charge in [-0.25, -0.2) is 15.0 Å². The fourth-order valence-electron chi connectivity index (χ4n) is 1.74. The average molecular weight is 276 g/mol. The molecule has 96 valence electrons. The average Bonchev–Trinajstić information content (AvgIpc) is 3.07. The Hall–Kier alpha value is -2.34. The van der Waals surface area contributed by atoms with Crippen LogP contribution in [0.3, 0.4) is 0 Å². The Labute approximate surface area is 113 Å². The highest BCUT2D eigenvalue weighted by molar-refractivity contribution is 6.26. The van der Waals surface area contributed by atoms with Gasteiger partial charge in [0.1, 0.15) is 18.4 Å². The van der Waals surface area contributed by atoms with Gasteiger partial charge in [-0.05, 0) is 12.1 Å². The molecule has 0 saturated carbocycles. The van der Waals surface area contributed by atoms with Gasteiger partial charge in [0.15, 0.2) is 17.0 Å². The zero-order valence-corrected chi connectivity index (χ0v) is 10.6. The molecule has 6 nitrogen and oxygen atoms in total. The minimum absolute atomic E-state index is 0.539. The summed E-state index contributed by atoms with van der Waals surface area (Å²) in [5, 5.41) is 3.17. The fourth-order valence-corrected chi connectivity index (χ4v) is 1.86. The van der Waals surface area contributed by atoms with Crippen LogP contribution in [0.1, 0.15) is 5.76 Å². The molecule has 0 saturated heterocycles. The number of nitrogens with zero attached hydrogens (tertiary/aromatic N) is 4. The van der Waals surface area contributed by atoms with Crippen LogP contribution in [0.5, 0.6) is 0 Å². The molecule has 0 spiro atoms. The molecule has 0 bridgehead atoms. The normalized spacial score (nSPS) is 11.4. The van der Waals surface area contributed by atoms with E-state index in [2.05, 4.69) is 20.3 Å². The predicted molar refractivity (Wildman–Crippen MR) is 72.5 cm³/mol. The summed E-state index contributed by atoms with van der Waals surface area (Å²) in [7, 11) is 0. The molecule has 3 aromatic heterocycles. The first kappa shape index (κ1) is 11.7. The van der Waals surface area contributed by atoms with Gasteiger partial charge in [0, 0.05) is 11.7 Å². The monoisotopic (exact) mass is 275 g/mol. The number of hydrogen-bond donors (Lipinski definition) is 1. The van der Waals surface area contributed by atoms with Crippen LogP contribution < -0.4 is 5.32 Å². The van der Waals surface area contributed by atoms with Crippen molar-refractivity contribution in [3.05, 3.63) is 42.3 Å². The maximum atomic E-state index is 5.56. The van der Waals surface area contributed by atoms with Crippen molar-refractivity contribution >= 4 is 34.8 Å². The van der Waals surface area contributed by atoms with E-state index in [0.717, 1.165) is 5.76 Å². The number of imidazole rings is 1. The van der Waals surface area contributed by atoms with Crippen LogP contribution in [0, 0.1) is 0 Å². The van der Waals surface area contributed by atoms with Gasteiger partial charge >= 0.3 is 0 Å². The summed E-state index contributed by atoms with van der Waals surface area (Å²) in [6.07, 6.45) is 6.41. The topological polar surface area (TPSA) is 68.8 Å². The fraction of sp³-hybridized carbons (Fsp3) is 0.0833. The third-order valence-electron chi connectivity index (χ3n) is 2.59. The summed E-state index contributed by atoms with van der Waals surface area (Å²) in [6, 6.07) is 3.73. The van der Waals surface area contributed by atoms with Crippen molar-refractivity contribution < 1.29 is 4.42 Å². The Morgan fingerprint density at radius 2 is 2.32 bits per heavy atom. The molecule has 0 atom stereocenters. The molecule has 0 amide bonds. The number of fused-ring (bicyclic) bond motifs is 1. The zero-order valence-electron chi connectivity index (χ0n) is 9.82. The van der Waals surface area contributed by atoms with Crippen LogP contribution >= 0.6 is 11.6 Å². The lowest BCUT2D eigenvalue weighted by Crippen LogP contribution is -2.02. The molecule has 0 aliphatic rings. The van der Waals surface area contributed by atoms with E-state index in [1.165, 1.54) is 11.9 Å². The van der Waals surface area contributed by atoms with Crippen molar-refractivity contribution in [2.75, 3.05) is 5.32 Å². The number of aromatic nitrogens is 4. The summed E-state index contributed by atoms with van der Waals surface area (Å²) in [4.78, 5) is 12.6. The van der Waals surface area contributed by atoms with Gasteiger partial charge in [-0.2, -0.15) is 0 Å². The third kappa shape index (κ3) is 2.30. The van der Waals surface area contributed by atoms with Crippen LogP contribution in [-0.4, -0.2) is 19.5 Å². The van der Waals surface area contributed by atoms with Crippen molar-refractivity contribution in [3.8, 4) is 0 Å². The predicted octanol–water partition coefficient (Wildman–Crippen LogP) is 2.70. The second-order valence-corrected chi connectivity index (χ2v) is 4.01. The second-order valence-electron chi connectivity index (χ2n) is 3.75. The van der Waals surface area contributed by atoms with Gasteiger partial charge in [-0.15, -0.1) is 0 Å². The van der Waals surface area contributed by atoms with Gasteiger partial charge < -0.3 is 9.73 Å². The van der Waals surface area contributed by atoms with E-state index in [-0.39, 0.29) is 0 Å². The van der Waals surface area contributed by atoms with Gasteiger partial charge in [0.25, 0.3) is 0 Å². The van der Waals surface area contributed by atoms with E-state index in [4.69, 9.17) is 16.0 Å². The molecule has 19 heavy (non-hydrogen) atoms. The highest BCUT2D eigenvalue weighted by atomic mass is 35.5. The van der Waals surface area contributed by atoms with E-state index in [1.54, 1.807) is 23.4 Å². The summed E-state index contributed by atoms with van der Waals surface area (Å²) in [5.74, 6) is 1.48. The minimum atomic E-state index is 0.539. The highest BCUT2D eigenvalue weighted by Crippen LogP contribution is 2.18. The zero-order chi connectivity index (χ0) is 13.1. The first-order valence-electron chi connectivity index (χ1n) is 5.59. The SMILES string of the molecule is Cl/C=C/n1cnc2c(NCc3ccco3)ncnc21. The molecular formula is C12H10ClN5O. The van der Waals surface area contributed by atoms with E-state index in [1.807, 2.05) is 12.1 Å². The maximum absolute atomic E-state index is 5.56. The summed E-state index contributed by atoms with van der Waals surface area (Å²) >= 11 is 5.56. The molecule has 3 heterocycles. The van der Waals surface area contributed by atoms with Crippen LogP contribution in [0.25, 0.3) is 17.4 Å². The maximum Gasteiger partial charge on any atom is 0.169 e. The smallest absolute Gasteiger partial charge is 0.169 e. The molecule has 0 fully saturated rings. The number of hydrogen-bond acceptors (Lipinski definition) is 5. The van der Waals surface area contributed by atoms with Crippen molar-refractivity contribution in [2.45, 2.75) is 6.54 Å². The number of nitrogens with one attached hydrogen (secondary N) is 1. The lowest BCUT2D eigenvalue weighted by atomic mass is 10.4. The highest BCUT2D eigenvalue weighted by Gasteiger charge is 2.08. The van der Waals surface area contributed by atoms with E-state index in [9.17, 15) is 0 Å². The van der Waals surface area contributed by atoms with Crippen molar-refractivity contribution in [3.63, 3.8) is 0 Å². The van der Waals surface area contributed by atoms with Crippen LogP contribution in [0.2, 0.25) is 0 Å². The summed E-state index contributed by atoms with van der Waals surface area (Å²) in [6.45, 7) is 0.539. The molecule has 0 aliphatic heterocycles. The van der Waals surface area contributed by atoms with E-state index < -0.39 is 0 Å². The van der Waals surface area contributed by atoms with Crippen LogP contribution in [0.4, 0.5) is 5.82 Å². The number of rotatable bonds is 4. The Kier molecular flexibility index (Phi) is 3.16. The quantitative estimate of drug-likeness (QED) is 0.793. The van der Waals surface area contributed by atoms with Gasteiger partial charge in [-0.3, -0.25) is 4.57 Å². The Bertz CT molecular complexity index is 704. The summed E-state index contributed by atoms with van der Waals surface area (Å²) in [5.41, 5.74) is 2.77. The molecular weight excluding hydrogens is 266 g/mol. The van der Waals surface area contributed by atoms with Crippen molar-refractivity contribution in [1.29, 1.82) is 0 Å². The number of anilines is 1. The molecule has 0 aliphatic carbocycles. The van der Waals surface area contributed by atoms with Gasteiger partial charge in [-0.1, -0.05) is 11.6 Å². The summed E-state index contributed by atoms with van der Waals surface area (Å²) < 4.78 is 6.98.